The molecule has 0 aliphatic carbocycles. The van der Waals surface area contributed by atoms with Crippen LogP contribution in [0.25, 0.3) is 0 Å². The fraction of sp³-hybridized carbons (Fsp3) is 0.893. The van der Waals surface area contributed by atoms with Crippen LogP contribution in [0.2, 0.25) is 0 Å². The first-order valence-corrected chi connectivity index (χ1v) is 27.1. The zero-order valence-corrected chi connectivity index (χ0v) is 41.6. The van der Waals surface area contributed by atoms with Crippen molar-refractivity contribution in [1.29, 1.82) is 0 Å². The topological polar surface area (TPSA) is 52.6 Å². The molecule has 0 N–H and O–H groups in total. The van der Waals surface area contributed by atoms with Gasteiger partial charge in [0.2, 0.25) is 0 Å². The van der Waals surface area contributed by atoms with Crippen LogP contribution in [-0.2, 0) is 19.1 Å². The molecule has 0 saturated heterocycles. The largest absolute Gasteiger partial charge is 0.466 e. The number of hydrogen-bond donors (Lipinski definition) is 0. The van der Waals surface area contributed by atoms with Crippen LogP contribution < -0.4 is 0 Å². The second kappa shape index (κ2) is 55.4. The average Bonchev–Trinajstić information content (AvgIpc) is 3.24. The smallest absolute Gasteiger partial charge is 0.305 e. The van der Waals surface area contributed by atoms with E-state index in [4.69, 9.17) is 9.47 Å². The quantitative estimate of drug-likeness (QED) is 0.0348. The fourth-order valence-electron chi connectivity index (χ4n) is 7.62. The lowest BCUT2D eigenvalue weighted by molar-refractivity contribution is -0.144. The van der Waals surface area contributed by atoms with Gasteiger partial charge in [-0.15, -0.1) is 0 Å². The van der Waals surface area contributed by atoms with Gasteiger partial charge >= 0.3 is 11.9 Å². The van der Waals surface area contributed by atoms with Crippen LogP contribution in [0.1, 0.15) is 304 Å². The van der Waals surface area contributed by atoms with Gasteiger partial charge in [-0.05, 0) is 83.0 Å². The molecule has 0 amide bonds. The molecule has 0 fully saturated rings. The summed E-state index contributed by atoms with van der Waals surface area (Å²) in [6.07, 6.45) is 62.0. The summed E-state index contributed by atoms with van der Waals surface area (Å²) in [5, 5.41) is 0. The van der Waals surface area contributed by atoms with Gasteiger partial charge in [0.1, 0.15) is 0 Å². The maximum absolute atomic E-state index is 11.8. The monoisotopic (exact) mass is 845 g/mol. The first-order valence-electron chi connectivity index (χ1n) is 27.1. The summed E-state index contributed by atoms with van der Waals surface area (Å²) < 4.78 is 10.7. The lowest BCUT2D eigenvalue weighted by Crippen LogP contribution is -2.05. The van der Waals surface area contributed by atoms with Gasteiger partial charge in [-0.25, -0.2) is 0 Å². The fourth-order valence-corrected chi connectivity index (χ4v) is 7.62. The van der Waals surface area contributed by atoms with Gasteiger partial charge in [0.05, 0.1) is 13.2 Å². The number of esters is 2. The first kappa shape index (κ1) is 60.5. The second-order valence-corrected chi connectivity index (χ2v) is 18.5. The normalized spacial score (nSPS) is 11.5. The standard InChI is InChI=1S/2C28H54O2/c1-4-5-6-7-8-9-10-11-12-13-14-15-16-19-22-25-28(29)30-26-23-20-17-18-21-24-27(2)3;1-3-5-7-9-11-13-14-15-16-17-18-19-20-22-24-26-28(29)30-27-25-23-21-12-10-8-6-4-2/h11-12,27H,4-10,13-26H2,1-3H3;15-16H,3-14,17-27H2,1-2H3/b12-11-;16-15-. The lowest BCUT2D eigenvalue weighted by atomic mass is 10.0. The summed E-state index contributed by atoms with van der Waals surface area (Å²) in [4.78, 5) is 23.5. The number of ether oxygens (including phenoxy) is 2. The Morgan fingerprint density at radius 3 is 0.883 bits per heavy atom. The molecule has 0 spiro atoms. The summed E-state index contributed by atoms with van der Waals surface area (Å²) >= 11 is 0. The number of unbranched alkanes of at least 4 members (excludes halogenated alkanes) is 33. The van der Waals surface area contributed by atoms with Gasteiger partial charge in [0, 0.05) is 12.8 Å². The van der Waals surface area contributed by atoms with Crippen molar-refractivity contribution < 1.29 is 19.1 Å². The van der Waals surface area contributed by atoms with Crippen molar-refractivity contribution in [2.45, 2.75) is 304 Å². The van der Waals surface area contributed by atoms with E-state index in [1.54, 1.807) is 0 Å². The minimum atomic E-state index is 0.00688. The van der Waals surface area contributed by atoms with E-state index < -0.39 is 0 Å². The van der Waals surface area contributed by atoms with E-state index in [1.807, 2.05) is 0 Å². The Kier molecular flexibility index (Phi) is 55.9. The zero-order valence-electron chi connectivity index (χ0n) is 41.6. The molecule has 0 heterocycles. The minimum Gasteiger partial charge on any atom is -0.466 e. The molecule has 0 aromatic rings. The molecule has 0 unspecified atom stereocenters. The molecule has 4 nitrogen and oxygen atoms in total. The SMILES string of the molecule is CCCCCCCC/C=C\CCCCCCCC(=O)OCCCCCCCC(C)C.CCCCCCCC/C=C\CCCCCCCC(=O)OCCCCCCCCCC. The first-order chi connectivity index (χ1) is 29.5. The lowest BCUT2D eigenvalue weighted by Gasteiger charge is -2.06. The highest BCUT2D eigenvalue weighted by atomic mass is 16.5. The molecule has 60 heavy (non-hydrogen) atoms. The predicted molar refractivity (Wildman–Crippen MR) is 266 cm³/mol. The number of allylic oxidation sites excluding steroid dienone is 4. The molecule has 0 atom stereocenters. The molecule has 356 valence electrons. The van der Waals surface area contributed by atoms with Crippen molar-refractivity contribution >= 4 is 11.9 Å². The predicted octanol–water partition coefficient (Wildman–Crippen LogP) is 19.3. The Morgan fingerprint density at radius 2 is 0.583 bits per heavy atom. The van der Waals surface area contributed by atoms with Crippen molar-refractivity contribution in [1.82, 2.24) is 0 Å². The van der Waals surface area contributed by atoms with Crippen LogP contribution >= 0.6 is 0 Å². The summed E-state index contributed by atoms with van der Waals surface area (Å²) in [5.41, 5.74) is 0. The summed E-state index contributed by atoms with van der Waals surface area (Å²) in [7, 11) is 0. The van der Waals surface area contributed by atoms with E-state index in [0.717, 1.165) is 44.4 Å². The number of carbonyl (C=O) groups is 2. The summed E-state index contributed by atoms with van der Waals surface area (Å²) in [6.45, 7) is 12.6. The Labute approximate surface area is 377 Å². The summed E-state index contributed by atoms with van der Waals surface area (Å²) in [6, 6.07) is 0. The van der Waals surface area contributed by atoms with Crippen molar-refractivity contribution in [3.63, 3.8) is 0 Å². The Bertz CT molecular complexity index is 876. The van der Waals surface area contributed by atoms with Crippen LogP contribution in [0, 0.1) is 5.92 Å². The molecule has 0 rings (SSSR count). The average molecular weight is 845 g/mol. The highest BCUT2D eigenvalue weighted by molar-refractivity contribution is 5.69. The van der Waals surface area contributed by atoms with Gasteiger partial charge in [-0.1, -0.05) is 239 Å². The van der Waals surface area contributed by atoms with Crippen molar-refractivity contribution in [3.8, 4) is 0 Å². The minimum absolute atomic E-state index is 0.00688. The molecular formula is C56H108O4. The number of hydrogen-bond acceptors (Lipinski definition) is 4. The van der Waals surface area contributed by atoms with Gasteiger partial charge in [-0.3, -0.25) is 9.59 Å². The van der Waals surface area contributed by atoms with Crippen molar-refractivity contribution in [2.75, 3.05) is 13.2 Å². The Morgan fingerprint density at radius 1 is 0.333 bits per heavy atom. The molecule has 0 aromatic heterocycles. The molecule has 4 heteroatoms. The molecule has 0 aliphatic heterocycles. The summed E-state index contributed by atoms with van der Waals surface area (Å²) in [5.74, 6) is 0.838. The third-order valence-corrected chi connectivity index (χ3v) is 11.7. The van der Waals surface area contributed by atoms with Crippen LogP contribution in [0.15, 0.2) is 24.3 Å². The van der Waals surface area contributed by atoms with Gasteiger partial charge < -0.3 is 9.47 Å². The van der Waals surface area contributed by atoms with E-state index in [-0.39, 0.29) is 11.9 Å². The zero-order chi connectivity index (χ0) is 44.1. The van der Waals surface area contributed by atoms with E-state index in [2.05, 4.69) is 58.9 Å². The van der Waals surface area contributed by atoms with Crippen molar-refractivity contribution in [3.05, 3.63) is 24.3 Å². The highest BCUT2D eigenvalue weighted by Gasteiger charge is 2.04. The van der Waals surface area contributed by atoms with Gasteiger partial charge in [0.25, 0.3) is 0 Å². The molecule has 0 saturated carbocycles. The van der Waals surface area contributed by atoms with Crippen molar-refractivity contribution in [2.24, 2.45) is 5.92 Å². The number of rotatable bonds is 47. The Balaban J connectivity index is 0. The van der Waals surface area contributed by atoms with Crippen LogP contribution in [0.4, 0.5) is 0 Å². The van der Waals surface area contributed by atoms with Crippen LogP contribution in [-0.4, -0.2) is 25.2 Å². The molecular weight excluding hydrogens is 737 g/mol. The molecule has 0 aliphatic rings. The van der Waals surface area contributed by atoms with E-state index >= 15 is 0 Å². The molecule has 0 radical (unpaired) electrons. The third kappa shape index (κ3) is 58.5. The number of carbonyl (C=O) groups excluding carboxylic acids is 2. The van der Waals surface area contributed by atoms with E-state index in [1.165, 1.54) is 218 Å². The van der Waals surface area contributed by atoms with Crippen LogP contribution in [0.3, 0.4) is 0 Å². The third-order valence-electron chi connectivity index (χ3n) is 11.7. The molecule has 0 bridgehead atoms. The van der Waals surface area contributed by atoms with Crippen LogP contribution in [0.5, 0.6) is 0 Å². The molecule has 0 aromatic carbocycles. The maximum atomic E-state index is 11.8. The highest BCUT2D eigenvalue weighted by Crippen LogP contribution is 2.14. The maximum Gasteiger partial charge on any atom is 0.305 e. The van der Waals surface area contributed by atoms with E-state index in [0.29, 0.717) is 26.1 Å². The van der Waals surface area contributed by atoms with E-state index in [9.17, 15) is 9.59 Å². The van der Waals surface area contributed by atoms with Gasteiger partial charge in [-0.2, -0.15) is 0 Å². The Hall–Kier alpha value is -1.58. The second-order valence-electron chi connectivity index (χ2n) is 18.5. The van der Waals surface area contributed by atoms with Gasteiger partial charge in [0.15, 0.2) is 0 Å².